The lowest BCUT2D eigenvalue weighted by Gasteiger charge is -2.51. The average Bonchev–Trinajstić information content (AvgIpc) is 3.24. The summed E-state index contributed by atoms with van der Waals surface area (Å²) in [5.41, 5.74) is 0. The third kappa shape index (κ3) is 14.3. The minimum absolute atomic E-state index is 0.0307. The van der Waals surface area contributed by atoms with Gasteiger partial charge in [0.25, 0.3) is 0 Å². The van der Waals surface area contributed by atoms with Gasteiger partial charge in [0.1, 0.15) is 42.7 Å². The molecule has 4 fully saturated rings. The molecule has 14 nitrogen and oxygen atoms in total. The van der Waals surface area contributed by atoms with Gasteiger partial charge in [-0.3, -0.25) is 4.79 Å². The van der Waals surface area contributed by atoms with Crippen molar-refractivity contribution in [2.75, 3.05) is 6.61 Å². The summed E-state index contributed by atoms with van der Waals surface area (Å²) in [6, 6.07) is -1.33. The predicted molar refractivity (Wildman–Crippen MR) is 235 cm³/mol. The molecule has 0 bridgehead atoms. The Hall–Kier alpha value is -0.940. The van der Waals surface area contributed by atoms with Crippen molar-refractivity contribution in [3.63, 3.8) is 0 Å². The molecule has 18 heteroatoms. The molecular formula is C45H77F3INO13. The van der Waals surface area contributed by atoms with Crippen molar-refractivity contribution >= 4 is 34.5 Å². The van der Waals surface area contributed by atoms with Crippen LogP contribution in [-0.4, -0.2) is 138 Å². The van der Waals surface area contributed by atoms with E-state index < -0.39 is 110 Å². The van der Waals surface area contributed by atoms with Gasteiger partial charge in [-0.05, 0) is 74.5 Å². The molecule has 0 spiro atoms. The van der Waals surface area contributed by atoms with E-state index in [9.17, 15) is 53.4 Å². The summed E-state index contributed by atoms with van der Waals surface area (Å²) < 4.78 is 72.5. The number of halogens is 4. The lowest BCUT2D eigenvalue weighted by Crippen LogP contribution is -2.67. The average molecular weight is 1020 g/mol. The number of ether oxygens (including phenoxy) is 5. The SMILES string of the molecule is CCCCCC(C)C1CCC(C[C@H](OC2C(NC(C)=O)[C@H](O[C@@H]3CC(C(I)(CC)CCCC)CC(CC)[C@H]3O[C@@H]3OC(C(F)(F)F)[C@@H](O)C(O)C3O)OC(CO)[C@@H]2O)C(=O)O)CC1. The highest BCUT2D eigenvalue weighted by atomic mass is 127. The Labute approximate surface area is 385 Å². The Morgan fingerprint density at radius 2 is 1.52 bits per heavy atom. The Kier molecular flexibility index (Phi) is 21.6. The van der Waals surface area contributed by atoms with Crippen LogP contribution in [0.1, 0.15) is 144 Å². The van der Waals surface area contributed by atoms with E-state index in [1.165, 1.54) is 19.8 Å². The summed E-state index contributed by atoms with van der Waals surface area (Å²) in [5, 5.41) is 67.1. The number of aliphatic hydroxyl groups excluding tert-OH is 5. The molecule has 7 N–H and O–H groups in total. The highest BCUT2D eigenvalue weighted by Crippen LogP contribution is 2.49. The fraction of sp³-hybridized carbons (Fsp3) is 0.956. The van der Waals surface area contributed by atoms with Crippen molar-refractivity contribution < 1.29 is 77.1 Å². The first-order valence-electron chi connectivity index (χ1n) is 23.6. The van der Waals surface area contributed by atoms with E-state index in [0.717, 1.165) is 64.2 Å². The molecule has 2 saturated heterocycles. The molecule has 2 aliphatic heterocycles. The van der Waals surface area contributed by atoms with Crippen LogP contribution in [0.2, 0.25) is 0 Å². The zero-order valence-corrected chi connectivity index (χ0v) is 40.1. The maximum absolute atomic E-state index is 14.0. The van der Waals surface area contributed by atoms with Crippen LogP contribution in [0.5, 0.6) is 0 Å². The van der Waals surface area contributed by atoms with Gasteiger partial charge in [0.05, 0.1) is 18.8 Å². The fourth-order valence-corrected chi connectivity index (χ4v) is 11.4. The van der Waals surface area contributed by atoms with Crippen LogP contribution in [0.3, 0.4) is 0 Å². The fourth-order valence-electron chi connectivity index (χ4n) is 10.6. The van der Waals surface area contributed by atoms with Gasteiger partial charge in [0.2, 0.25) is 5.91 Å². The van der Waals surface area contributed by atoms with Crippen LogP contribution in [0, 0.1) is 29.6 Å². The topological polar surface area (TPSA) is 214 Å². The smallest absolute Gasteiger partial charge is 0.417 e. The van der Waals surface area contributed by atoms with E-state index in [1.807, 2.05) is 6.92 Å². The molecule has 4 aliphatic rings. The van der Waals surface area contributed by atoms with Gasteiger partial charge in [-0.15, -0.1) is 0 Å². The lowest BCUT2D eigenvalue weighted by atomic mass is 9.69. The summed E-state index contributed by atoms with van der Waals surface area (Å²) in [7, 11) is 0. The van der Waals surface area contributed by atoms with E-state index in [1.54, 1.807) is 0 Å². The highest BCUT2D eigenvalue weighted by Gasteiger charge is 2.58. The molecule has 0 aromatic carbocycles. The first-order valence-corrected chi connectivity index (χ1v) is 24.7. The molecule has 63 heavy (non-hydrogen) atoms. The van der Waals surface area contributed by atoms with Crippen LogP contribution in [0.25, 0.3) is 0 Å². The second kappa shape index (κ2) is 24.9. The Morgan fingerprint density at radius 3 is 2.08 bits per heavy atom. The number of carboxylic acids is 1. The van der Waals surface area contributed by atoms with Crippen LogP contribution in [0.4, 0.5) is 13.2 Å². The van der Waals surface area contributed by atoms with E-state index in [4.69, 9.17) is 23.7 Å². The maximum Gasteiger partial charge on any atom is 0.417 e. The molecule has 0 aromatic rings. The van der Waals surface area contributed by atoms with E-state index in [-0.39, 0.29) is 28.1 Å². The Balaban J connectivity index is 1.66. The van der Waals surface area contributed by atoms with E-state index in [0.29, 0.717) is 24.7 Å². The van der Waals surface area contributed by atoms with Gasteiger partial charge in [-0.2, -0.15) is 13.2 Å². The summed E-state index contributed by atoms with van der Waals surface area (Å²) in [6.45, 7) is 11.0. The summed E-state index contributed by atoms with van der Waals surface area (Å²) >= 11 is 2.48. The van der Waals surface area contributed by atoms with Crippen molar-refractivity contribution in [1.29, 1.82) is 0 Å². The minimum atomic E-state index is -5.11. The zero-order chi connectivity index (χ0) is 46.8. The number of carbonyl (C=O) groups excluding carboxylic acids is 1. The normalized spacial score (nSPS) is 38.7. The molecule has 4 rings (SSSR count). The Bertz CT molecular complexity index is 1400. The second-order valence-electron chi connectivity index (χ2n) is 18.9. The van der Waals surface area contributed by atoms with Crippen molar-refractivity contribution in [3.05, 3.63) is 0 Å². The van der Waals surface area contributed by atoms with Crippen molar-refractivity contribution in [1.82, 2.24) is 5.32 Å². The Morgan fingerprint density at radius 1 is 0.857 bits per heavy atom. The van der Waals surface area contributed by atoms with E-state index in [2.05, 4.69) is 55.6 Å². The molecular weight excluding hydrogens is 946 g/mol. The second-order valence-corrected chi connectivity index (χ2v) is 21.1. The summed E-state index contributed by atoms with van der Waals surface area (Å²) in [6.07, 6.45) is -13.0. The molecule has 10 unspecified atom stereocenters. The van der Waals surface area contributed by atoms with Crippen LogP contribution >= 0.6 is 22.6 Å². The number of alkyl halides is 4. The molecule has 368 valence electrons. The monoisotopic (exact) mass is 1020 g/mol. The predicted octanol–water partition coefficient (Wildman–Crippen LogP) is 6.17. The van der Waals surface area contributed by atoms with Crippen molar-refractivity contribution in [2.24, 2.45) is 29.6 Å². The van der Waals surface area contributed by atoms with Gasteiger partial charge in [0.15, 0.2) is 24.8 Å². The minimum Gasteiger partial charge on any atom is -0.479 e. The number of rotatable bonds is 22. The molecule has 17 atom stereocenters. The number of nitrogens with one attached hydrogen (secondary N) is 1. The van der Waals surface area contributed by atoms with Crippen molar-refractivity contribution in [3.8, 4) is 0 Å². The standard InChI is InChI=1S/C45H77F3INO13/c1-7-11-13-14-24(5)28-17-15-26(16-18-28)20-31(41(57)58)59-39-33(50-25(6)52)42(61-32(23-51)34(39)53)60-30-22-29(44(49,10-4)19-12-8-2)21-27(9-3)38(30)62-43-37(56)35(54)36(55)40(63-43)45(46,47)48/h24,26-40,42-43,51,53-56H,7-23H2,1-6H3,(H,50,52)(H,57,58)/t24?,26?,27?,28?,29?,30-,31+,32?,33?,34+,35?,36+,37?,38-,39?,40?,42-,43-,44?/m1/s1. The van der Waals surface area contributed by atoms with Crippen LogP contribution in [-0.2, 0) is 33.3 Å². The number of aliphatic hydroxyl groups is 5. The van der Waals surface area contributed by atoms with Gasteiger partial charge in [-0.1, -0.05) is 115 Å². The number of amides is 1. The molecule has 0 radical (unpaired) electrons. The van der Waals surface area contributed by atoms with Gasteiger partial charge < -0.3 is 59.6 Å². The van der Waals surface area contributed by atoms with Gasteiger partial charge in [0, 0.05) is 10.3 Å². The molecule has 2 heterocycles. The van der Waals surface area contributed by atoms with Gasteiger partial charge in [-0.25, -0.2) is 4.79 Å². The zero-order valence-electron chi connectivity index (χ0n) is 38.0. The third-order valence-corrected chi connectivity index (χ3v) is 16.7. The lowest BCUT2D eigenvalue weighted by molar-refractivity contribution is -0.373. The summed E-state index contributed by atoms with van der Waals surface area (Å²) in [5.74, 6) is -1.09. The quantitative estimate of drug-likeness (QED) is 0.0368. The first-order chi connectivity index (χ1) is 29.7. The number of hydrogen-bond acceptors (Lipinski definition) is 12. The third-order valence-electron chi connectivity index (χ3n) is 14.5. The molecule has 0 aromatic heterocycles. The number of hydrogen-bond donors (Lipinski definition) is 7. The van der Waals surface area contributed by atoms with Crippen LogP contribution in [0.15, 0.2) is 0 Å². The summed E-state index contributed by atoms with van der Waals surface area (Å²) in [4.78, 5) is 25.8. The molecule has 2 saturated carbocycles. The maximum atomic E-state index is 14.0. The number of aliphatic carboxylic acids is 1. The van der Waals surface area contributed by atoms with Crippen LogP contribution < -0.4 is 5.32 Å². The van der Waals surface area contributed by atoms with Gasteiger partial charge >= 0.3 is 12.1 Å². The molecule has 1 amide bonds. The first kappa shape index (κ1) is 54.7. The number of carboxylic acid groups (broad SMARTS) is 1. The highest BCUT2D eigenvalue weighted by molar-refractivity contribution is 14.1. The molecule has 2 aliphatic carbocycles. The number of carbonyl (C=O) groups is 2. The van der Waals surface area contributed by atoms with Crippen molar-refractivity contribution in [2.45, 2.75) is 234 Å². The number of unbranched alkanes of at least 4 members (excludes halogenated alkanes) is 3. The van der Waals surface area contributed by atoms with E-state index >= 15 is 0 Å². The largest absolute Gasteiger partial charge is 0.479 e.